The van der Waals surface area contributed by atoms with Crippen LogP contribution >= 0.6 is 0 Å². The summed E-state index contributed by atoms with van der Waals surface area (Å²) in [6.45, 7) is 10.3. The van der Waals surface area contributed by atoms with Gasteiger partial charge >= 0.3 is 0 Å². The molecule has 1 atom stereocenters. The van der Waals surface area contributed by atoms with E-state index >= 15 is 0 Å². The fourth-order valence-corrected chi connectivity index (χ4v) is 2.35. The maximum atomic E-state index is 9.22. The van der Waals surface area contributed by atoms with Crippen molar-refractivity contribution in [3.63, 3.8) is 0 Å². The number of aromatic nitrogens is 2. The Bertz CT molecular complexity index is 442. The fraction of sp³-hybridized carbons (Fsp3) is 0.714. The number of aliphatic hydroxyl groups excluding tert-OH is 1. The van der Waals surface area contributed by atoms with E-state index in [-0.39, 0.29) is 12.1 Å². The highest BCUT2D eigenvalue weighted by Crippen LogP contribution is 2.24. The predicted molar refractivity (Wildman–Crippen MR) is 77.6 cm³/mol. The minimum absolute atomic E-state index is 0.0172. The van der Waals surface area contributed by atoms with Crippen LogP contribution in [0, 0.1) is 12.8 Å². The van der Waals surface area contributed by atoms with Gasteiger partial charge in [0.2, 0.25) is 0 Å². The molecule has 0 aromatic carbocycles. The van der Waals surface area contributed by atoms with Crippen LogP contribution in [0.1, 0.15) is 33.0 Å². The van der Waals surface area contributed by atoms with Crippen molar-refractivity contribution in [3.8, 4) is 0 Å². The summed E-state index contributed by atoms with van der Waals surface area (Å²) in [7, 11) is 0. The Kier molecular flexibility index (Phi) is 3.94. The van der Waals surface area contributed by atoms with Crippen LogP contribution in [0.2, 0.25) is 0 Å². The van der Waals surface area contributed by atoms with Crippen molar-refractivity contribution >= 4 is 11.6 Å². The van der Waals surface area contributed by atoms with Crippen LogP contribution in [0.4, 0.5) is 11.6 Å². The summed E-state index contributed by atoms with van der Waals surface area (Å²) in [6, 6.07) is 2.00. The number of aliphatic hydroxyl groups is 1. The van der Waals surface area contributed by atoms with E-state index in [9.17, 15) is 5.11 Å². The molecule has 2 rings (SSSR count). The largest absolute Gasteiger partial charge is 0.396 e. The molecule has 19 heavy (non-hydrogen) atoms. The molecule has 0 amide bonds. The van der Waals surface area contributed by atoms with Crippen molar-refractivity contribution < 1.29 is 5.11 Å². The molecule has 0 radical (unpaired) electrons. The van der Waals surface area contributed by atoms with Crippen molar-refractivity contribution in [1.29, 1.82) is 0 Å². The van der Waals surface area contributed by atoms with E-state index in [1.165, 1.54) is 0 Å². The third-order valence-electron chi connectivity index (χ3n) is 3.20. The van der Waals surface area contributed by atoms with Gasteiger partial charge in [-0.3, -0.25) is 0 Å². The standard InChI is InChI=1S/C14H24N4O/c1-10-15-12(17-14(2,3)4)7-13(16-10)18-6-5-11(8-18)9-19/h7,11,19H,5-6,8-9H2,1-4H3,(H,15,16,17). The smallest absolute Gasteiger partial charge is 0.134 e. The monoisotopic (exact) mass is 264 g/mol. The topological polar surface area (TPSA) is 61.3 Å². The highest BCUT2D eigenvalue weighted by atomic mass is 16.3. The summed E-state index contributed by atoms with van der Waals surface area (Å²) in [4.78, 5) is 11.2. The molecule has 1 unspecified atom stereocenters. The molecule has 1 aromatic heterocycles. The lowest BCUT2D eigenvalue weighted by atomic mass is 10.1. The van der Waals surface area contributed by atoms with Crippen molar-refractivity contribution in [2.24, 2.45) is 5.92 Å². The molecule has 0 spiro atoms. The lowest BCUT2D eigenvalue weighted by Gasteiger charge is -2.23. The summed E-state index contributed by atoms with van der Waals surface area (Å²) in [5.74, 6) is 2.96. The molecule has 1 aliphatic heterocycles. The maximum absolute atomic E-state index is 9.22. The molecule has 1 fully saturated rings. The second-order valence-electron chi connectivity index (χ2n) is 6.32. The summed E-state index contributed by atoms with van der Waals surface area (Å²) in [5, 5.41) is 12.6. The van der Waals surface area contributed by atoms with E-state index in [0.29, 0.717) is 5.92 Å². The second kappa shape index (κ2) is 5.33. The minimum Gasteiger partial charge on any atom is -0.396 e. The van der Waals surface area contributed by atoms with Crippen LogP contribution in [0.5, 0.6) is 0 Å². The molecule has 0 aliphatic carbocycles. The number of nitrogens with zero attached hydrogens (tertiary/aromatic N) is 3. The van der Waals surface area contributed by atoms with Crippen LogP contribution < -0.4 is 10.2 Å². The van der Waals surface area contributed by atoms with Gasteiger partial charge in [0.05, 0.1) is 0 Å². The van der Waals surface area contributed by atoms with Gasteiger partial charge in [-0.25, -0.2) is 9.97 Å². The molecular weight excluding hydrogens is 240 g/mol. The number of hydrogen-bond donors (Lipinski definition) is 2. The van der Waals surface area contributed by atoms with Gasteiger partial charge < -0.3 is 15.3 Å². The molecule has 2 heterocycles. The molecule has 5 heteroatoms. The first-order valence-electron chi connectivity index (χ1n) is 6.87. The highest BCUT2D eigenvalue weighted by Gasteiger charge is 2.23. The zero-order valence-corrected chi connectivity index (χ0v) is 12.3. The van der Waals surface area contributed by atoms with Gasteiger partial charge in [0, 0.05) is 37.2 Å². The quantitative estimate of drug-likeness (QED) is 0.872. The third-order valence-corrected chi connectivity index (χ3v) is 3.20. The number of aryl methyl sites for hydroxylation is 1. The van der Waals surface area contributed by atoms with Gasteiger partial charge in [-0.1, -0.05) is 0 Å². The third kappa shape index (κ3) is 3.80. The fourth-order valence-electron chi connectivity index (χ4n) is 2.35. The van der Waals surface area contributed by atoms with Crippen LogP contribution in [-0.4, -0.2) is 40.3 Å². The molecule has 2 N–H and O–H groups in total. The lowest BCUT2D eigenvalue weighted by molar-refractivity contribution is 0.238. The van der Waals surface area contributed by atoms with E-state index in [4.69, 9.17) is 0 Å². The summed E-state index contributed by atoms with van der Waals surface area (Å²) < 4.78 is 0. The molecule has 1 aliphatic rings. The summed E-state index contributed by atoms with van der Waals surface area (Å²) in [5.41, 5.74) is -0.0172. The van der Waals surface area contributed by atoms with Crippen LogP contribution in [0.25, 0.3) is 0 Å². The first-order valence-corrected chi connectivity index (χ1v) is 6.87. The van der Waals surface area contributed by atoms with Crippen LogP contribution in [0.15, 0.2) is 6.07 Å². The normalized spacial score (nSPS) is 19.8. The molecular formula is C14H24N4O. The van der Waals surface area contributed by atoms with E-state index in [0.717, 1.165) is 37.0 Å². The summed E-state index contributed by atoms with van der Waals surface area (Å²) >= 11 is 0. The second-order valence-corrected chi connectivity index (χ2v) is 6.32. The zero-order valence-electron chi connectivity index (χ0n) is 12.3. The Morgan fingerprint density at radius 3 is 2.74 bits per heavy atom. The van der Waals surface area contributed by atoms with Gasteiger partial charge in [0.15, 0.2) is 0 Å². The minimum atomic E-state index is -0.0172. The number of hydrogen-bond acceptors (Lipinski definition) is 5. The van der Waals surface area contributed by atoms with Gasteiger partial charge in [-0.05, 0) is 34.1 Å². The average molecular weight is 264 g/mol. The highest BCUT2D eigenvalue weighted by molar-refractivity contribution is 5.51. The average Bonchev–Trinajstić information content (AvgIpc) is 2.74. The van der Waals surface area contributed by atoms with Crippen LogP contribution in [0.3, 0.4) is 0 Å². The molecule has 106 valence electrons. The molecule has 5 nitrogen and oxygen atoms in total. The number of nitrogens with one attached hydrogen (secondary N) is 1. The summed E-state index contributed by atoms with van der Waals surface area (Å²) in [6.07, 6.45) is 1.03. The Morgan fingerprint density at radius 1 is 1.42 bits per heavy atom. The first-order chi connectivity index (χ1) is 8.87. The van der Waals surface area contributed by atoms with Crippen molar-refractivity contribution in [2.45, 2.75) is 39.7 Å². The first kappa shape index (κ1) is 14.1. The van der Waals surface area contributed by atoms with E-state index in [1.54, 1.807) is 0 Å². The Labute approximate surface area is 115 Å². The van der Waals surface area contributed by atoms with Gasteiger partial charge in [-0.2, -0.15) is 0 Å². The molecule has 1 aromatic rings. The van der Waals surface area contributed by atoms with Gasteiger partial charge in [-0.15, -0.1) is 0 Å². The van der Waals surface area contributed by atoms with E-state index in [2.05, 4.69) is 41.0 Å². The number of anilines is 2. The Morgan fingerprint density at radius 2 is 2.16 bits per heavy atom. The predicted octanol–water partition coefficient (Wildman–Crippen LogP) is 1.81. The SMILES string of the molecule is Cc1nc(NC(C)(C)C)cc(N2CCC(CO)C2)n1. The maximum Gasteiger partial charge on any atom is 0.134 e. The Balaban J connectivity index is 2.17. The van der Waals surface area contributed by atoms with E-state index < -0.39 is 0 Å². The molecule has 0 saturated carbocycles. The van der Waals surface area contributed by atoms with Crippen molar-refractivity contribution in [3.05, 3.63) is 11.9 Å². The lowest BCUT2D eigenvalue weighted by Crippen LogP contribution is -2.28. The van der Waals surface area contributed by atoms with E-state index in [1.807, 2.05) is 13.0 Å². The van der Waals surface area contributed by atoms with Gasteiger partial charge in [0.25, 0.3) is 0 Å². The van der Waals surface area contributed by atoms with Crippen LogP contribution in [-0.2, 0) is 0 Å². The number of rotatable bonds is 3. The molecule has 0 bridgehead atoms. The molecule has 1 saturated heterocycles. The van der Waals surface area contributed by atoms with Crippen molar-refractivity contribution in [1.82, 2.24) is 9.97 Å². The van der Waals surface area contributed by atoms with Crippen molar-refractivity contribution in [2.75, 3.05) is 29.9 Å². The van der Waals surface area contributed by atoms with Gasteiger partial charge in [0.1, 0.15) is 17.5 Å². The Hall–Kier alpha value is -1.36. The zero-order chi connectivity index (χ0) is 14.0.